The van der Waals surface area contributed by atoms with Crippen molar-refractivity contribution in [2.75, 3.05) is 0 Å². The fourth-order valence-corrected chi connectivity index (χ4v) is 2.86. The SMILES string of the molecule is CCc1ccc(C=CCCC(C)OC(=O)c2ccccc2)cc1CC. The minimum absolute atomic E-state index is 0.0916. The van der Waals surface area contributed by atoms with Gasteiger partial charge in [0.1, 0.15) is 0 Å². The molecule has 0 N–H and O–H groups in total. The second-order valence-corrected chi connectivity index (χ2v) is 6.30. The number of carbonyl (C=O) groups is 1. The summed E-state index contributed by atoms with van der Waals surface area (Å²) in [5.74, 6) is -0.250. The molecule has 2 aromatic carbocycles. The van der Waals surface area contributed by atoms with E-state index < -0.39 is 0 Å². The van der Waals surface area contributed by atoms with Crippen molar-refractivity contribution >= 4 is 12.0 Å². The molecule has 0 saturated heterocycles. The van der Waals surface area contributed by atoms with Crippen LogP contribution in [-0.4, -0.2) is 12.1 Å². The minimum atomic E-state index is -0.250. The van der Waals surface area contributed by atoms with Gasteiger partial charge in [-0.3, -0.25) is 0 Å². The second kappa shape index (κ2) is 9.83. The van der Waals surface area contributed by atoms with Gasteiger partial charge < -0.3 is 4.74 Å². The second-order valence-electron chi connectivity index (χ2n) is 6.30. The van der Waals surface area contributed by atoms with Gasteiger partial charge >= 0.3 is 5.97 Å². The van der Waals surface area contributed by atoms with Crippen LogP contribution in [0.1, 0.15) is 60.7 Å². The normalized spacial score (nSPS) is 12.3. The zero-order valence-corrected chi connectivity index (χ0v) is 15.5. The van der Waals surface area contributed by atoms with Crippen LogP contribution in [0, 0.1) is 0 Å². The third kappa shape index (κ3) is 5.90. The lowest BCUT2D eigenvalue weighted by Crippen LogP contribution is -2.14. The number of carbonyl (C=O) groups excluding carboxylic acids is 1. The van der Waals surface area contributed by atoms with Crippen molar-refractivity contribution in [1.29, 1.82) is 0 Å². The molecule has 0 bridgehead atoms. The molecule has 1 unspecified atom stereocenters. The Morgan fingerprint density at radius 2 is 1.76 bits per heavy atom. The maximum atomic E-state index is 12.0. The lowest BCUT2D eigenvalue weighted by atomic mass is 9.99. The third-order valence-corrected chi connectivity index (χ3v) is 4.36. The molecule has 0 amide bonds. The standard InChI is InChI=1S/C23H28O2/c1-4-20-16-15-19(17-21(20)5-2)12-10-9-11-18(3)25-23(24)22-13-7-6-8-14-22/h6-8,10,12-18H,4-5,9,11H2,1-3H3. The zero-order valence-electron chi connectivity index (χ0n) is 15.5. The Morgan fingerprint density at radius 3 is 2.44 bits per heavy atom. The van der Waals surface area contributed by atoms with Gasteiger partial charge in [-0.15, -0.1) is 0 Å². The van der Waals surface area contributed by atoms with Crippen LogP contribution < -0.4 is 0 Å². The predicted octanol–water partition coefficient (Wildman–Crippen LogP) is 5.85. The van der Waals surface area contributed by atoms with Gasteiger partial charge in [0.25, 0.3) is 0 Å². The Kier molecular flexibility index (Phi) is 7.46. The van der Waals surface area contributed by atoms with Gasteiger partial charge in [0.2, 0.25) is 0 Å². The van der Waals surface area contributed by atoms with Gasteiger partial charge in [0.05, 0.1) is 11.7 Å². The molecule has 0 fully saturated rings. The first-order valence-electron chi connectivity index (χ1n) is 9.18. The highest BCUT2D eigenvalue weighted by molar-refractivity contribution is 5.89. The highest BCUT2D eigenvalue weighted by Gasteiger charge is 2.10. The van der Waals surface area contributed by atoms with E-state index in [0.717, 1.165) is 25.7 Å². The smallest absolute Gasteiger partial charge is 0.338 e. The van der Waals surface area contributed by atoms with Crippen LogP contribution >= 0.6 is 0 Å². The minimum Gasteiger partial charge on any atom is -0.459 e. The summed E-state index contributed by atoms with van der Waals surface area (Å²) < 4.78 is 5.48. The van der Waals surface area contributed by atoms with Crippen LogP contribution in [-0.2, 0) is 17.6 Å². The molecule has 0 saturated carbocycles. The lowest BCUT2D eigenvalue weighted by Gasteiger charge is -2.12. The molecule has 2 heteroatoms. The van der Waals surface area contributed by atoms with Gasteiger partial charge in [-0.25, -0.2) is 4.79 Å². The first-order chi connectivity index (χ1) is 12.1. The molecule has 0 spiro atoms. The lowest BCUT2D eigenvalue weighted by molar-refractivity contribution is 0.0327. The Hall–Kier alpha value is -2.35. The molecular weight excluding hydrogens is 308 g/mol. The number of esters is 1. The quantitative estimate of drug-likeness (QED) is 0.565. The molecule has 0 heterocycles. The first-order valence-corrected chi connectivity index (χ1v) is 9.18. The zero-order chi connectivity index (χ0) is 18.1. The Bertz CT molecular complexity index is 701. The van der Waals surface area contributed by atoms with E-state index in [4.69, 9.17) is 4.74 Å². The van der Waals surface area contributed by atoms with Crippen LogP contribution in [0.4, 0.5) is 0 Å². The number of ether oxygens (including phenoxy) is 1. The van der Waals surface area contributed by atoms with Gasteiger partial charge in [0.15, 0.2) is 0 Å². The van der Waals surface area contributed by atoms with Crippen LogP contribution in [0.5, 0.6) is 0 Å². The maximum absolute atomic E-state index is 12.0. The Balaban J connectivity index is 1.81. The number of rotatable bonds is 8. The monoisotopic (exact) mass is 336 g/mol. The predicted molar refractivity (Wildman–Crippen MR) is 105 cm³/mol. The molecule has 0 aliphatic carbocycles. The molecule has 132 valence electrons. The molecule has 0 aliphatic rings. The molecule has 0 aliphatic heterocycles. The number of hydrogen-bond acceptors (Lipinski definition) is 2. The van der Waals surface area contributed by atoms with Crippen molar-refractivity contribution in [1.82, 2.24) is 0 Å². The maximum Gasteiger partial charge on any atom is 0.338 e. The van der Waals surface area contributed by atoms with E-state index in [-0.39, 0.29) is 12.1 Å². The van der Waals surface area contributed by atoms with Crippen LogP contribution in [0.2, 0.25) is 0 Å². The fourth-order valence-electron chi connectivity index (χ4n) is 2.86. The van der Waals surface area contributed by atoms with Crippen molar-refractivity contribution in [3.8, 4) is 0 Å². The Morgan fingerprint density at radius 1 is 1.04 bits per heavy atom. The summed E-state index contributed by atoms with van der Waals surface area (Å²) in [7, 11) is 0. The van der Waals surface area contributed by atoms with Crippen LogP contribution in [0.15, 0.2) is 54.6 Å². The molecule has 0 radical (unpaired) electrons. The van der Waals surface area contributed by atoms with E-state index >= 15 is 0 Å². The molecule has 1 atom stereocenters. The molecule has 0 aromatic heterocycles. The van der Waals surface area contributed by atoms with E-state index in [1.807, 2.05) is 25.1 Å². The molecule has 2 aromatic rings. The average Bonchev–Trinajstić information content (AvgIpc) is 2.65. The summed E-state index contributed by atoms with van der Waals surface area (Å²) in [5, 5.41) is 0. The summed E-state index contributed by atoms with van der Waals surface area (Å²) in [4.78, 5) is 12.0. The molecular formula is C23H28O2. The van der Waals surface area contributed by atoms with Gasteiger partial charge in [0, 0.05) is 0 Å². The molecule has 2 rings (SSSR count). The number of hydrogen-bond donors (Lipinski definition) is 0. The van der Waals surface area contributed by atoms with E-state index in [2.05, 4.69) is 44.2 Å². The third-order valence-electron chi connectivity index (χ3n) is 4.36. The summed E-state index contributed by atoms with van der Waals surface area (Å²) >= 11 is 0. The van der Waals surface area contributed by atoms with Gasteiger partial charge in [-0.05, 0) is 61.4 Å². The van der Waals surface area contributed by atoms with Crippen LogP contribution in [0.3, 0.4) is 0 Å². The average molecular weight is 336 g/mol. The summed E-state index contributed by atoms with van der Waals surface area (Å²) in [6.07, 6.45) is 8.08. The van der Waals surface area contributed by atoms with Crippen molar-refractivity contribution in [2.45, 2.75) is 52.6 Å². The Labute approximate surface area is 151 Å². The van der Waals surface area contributed by atoms with Crippen molar-refractivity contribution in [3.63, 3.8) is 0 Å². The fraction of sp³-hybridized carbons (Fsp3) is 0.348. The topological polar surface area (TPSA) is 26.3 Å². The van der Waals surface area contributed by atoms with E-state index in [1.54, 1.807) is 12.1 Å². The summed E-state index contributed by atoms with van der Waals surface area (Å²) in [6.45, 7) is 6.34. The number of aryl methyl sites for hydroxylation is 2. The summed E-state index contributed by atoms with van der Waals surface area (Å²) in [6, 6.07) is 15.8. The molecule has 2 nitrogen and oxygen atoms in total. The highest BCUT2D eigenvalue weighted by Crippen LogP contribution is 2.15. The van der Waals surface area contributed by atoms with Crippen molar-refractivity contribution < 1.29 is 9.53 Å². The van der Waals surface area contributed by atoms with Gasteiger partial charge in [-0.1, -0.05) is 62.4 Å². The van der Waals surface area contributed by atoms with E-state index in [1.165, 1.54) is 16.7 Å². The first kappa shape index (κ1) is 19.0. The highest BCUT2D eigenvalue weighted by atomic mass is 16.5. The van der Waals surface area contributed by atoms with E-state index in [0.29, 0.717) is 5.56 Å². The van der Waals surface area contributed by atoms with Gasteiger partial charge in [-0.2, -0.15) is 0 Å². The van der Waals surface area contributed by atoms with Crippen molar-refractivity contribution in [2.24, 2.45) is 0 Å². The largest absolute Gasteiger partial charge is 0.459 e. The molecule has 25 heavy (non-hydrogen) atoms. The number of allylic oxidation sites excluding steroid dienone is 1. The van der Waals surface area contributed by atoms with Crippen molar-refractivity contribution in [3.05, 3.63) is 76.9 Å². The number of benzene rings is 2. The summed E-state index contributed by atoms with van der Waals surface area (Å²) in [5.41, 5.74) is 4.70. The van der Waals surface area contributed by atoms with E-state index in [9.17, 15) is 4.79 Å². The van der Waals surface area contributed by atoms with Crippen LogP contribution in [0.25, 0.3) is 6.08 Å².